The molecule has 0 unspecified atom stereocenters. The van der Waals surface area contributed by atoms with Gasteiger partial charge in [0.2, 0.25) is 5.91 Å². The summed E-state index contributed by atoms with van der Waals surface area (Å²) >= 11 is 12.0. The molecule has 25 heavy (non-hydrogen) atoms. The molecule has 1 amide bonds. The molecule has 6 nitrogen and oxygen atoms in total. The molecule has 0 bridgehead atoms. The van der Waals surface area contributed by atoms with E-state index in [9.17, 15) is 9.18 Å². The SMILES string of the molecule is Cc1nn(CC(=O)Nc2nn(Cc3cccc(F)c3)cc2Cl)cc1Cl. The summed E-state index contributed by atoms with van der Waals surface area (Å²) in [5, 5.41) is 11.7. The Morgan fingerprint density at radius 1 is 1.20 bits per heavy atom. The predicted molar refractivity (Wildman–Crippen MR) is 93.3 cm³/mol. The fourth-order valence-electron chi connectivity index (χ4n) is 2.28. The number of aryl methyl sites for hydroxylation is 1. The van der Waals surface area contributed by atoms with Crippen molar-refractivity contribution in [3.63, 3.8) is 0 Å². The van der Waals surface area contributed by atoms with Gasteiger partial charge in [0.15, 0.2) is 5.82 Å². The predicted octanol–water partition coefficient (Wildman–Crippen LogP) is 3.52. The summed E-state index contributed by atoms with van der Waals surface area (Å²) in [6.07, 6.45) is 3.14. The Kier molecular flexibility index (Phi) is 5.06. The highest BCUT2D eigenvalue weighted by molar-refractivity contribution is 6.33. The quantitative estimate of drug-likeness (QED) is 0.735. The third-order valence-electron chi connectivity index (χ3n) is 3.40. The Morgan fingerprint density at radius 2 is 1.96 bits per heavy atom. The lowest BCUT2D eigenvalue weighted by Crippen LogP contribution is -2.19. The number of nitrogens with zero attached hydrogens (tertiary/aromatic N) is 4. The summed E-state index contributed by atoms with van der Waals surface area (Å²) in [4.78, 5) is 12.1. The molecule has 130 valence electrons. The molecule has 0 spiro atoms. The molecule has 2 heterocycles. The van der Waals surface area contributed by atoms with Crippen LogP contribution in [0.5, 0.6) is 0 Å². The lowest BCUT2D eigenvalue weighted by Gasteiger charge is -2.03. The fraction of sp³-hybridized carbons (Fsp3) is 0.188. The van der Waals surface area contributed by atoms with Crippen LogP contribution in [0.3, 0.4) is 0 Å². The molecule has 0 fully saturated rings. The number of hydrogen-bond donors (Lipinski definition) is 1. The number of nitrogens with one attached hydrogen (secondary N) is 1. The molecular weight excluding hydrogens is 368 g/mol. The molecule has 9 heteroatoms. The number of carbonyl (C=O) groups excluding carboxylic acids is 1. The van der Waals surface area contributed by atoms with Crippen molar-refractivity contribution in [1.82, 2.24) is 19.6 Å². The van der Waals surface area contributed by atoms with E-state index in [-0.39, 0.29) is 24.1 Å². The fourth-order valence-corrected chi connectivity index (χ4v) is 2.63. The Labute approximate surface area is 153 Å². The van der Waals surface area contributed by atoms with Crippen LogP contribution in [0.4, 0.5) is 10.2 Å². The molecule has 0 saturated carbocycles. The minimum absolute atomic E-state index is 0.0132. The van der Waals surface area contributed by atoms with Crippen molar-refractivity contribution in [1.29, 1.82) is 0 Å². The van der Waals surface area contributed by atoms with Gasteiger partial charge >= 0.3 is 0 Å². The van der Waals surface area contributed by atoms with E-state index in [2.05, 4.69) is 15.5 Å². The van der Waals surface area contributed by atoms with Crippen LogP contribution in [0, 0.1) is 12.7 Å². The number of anilines is 1. The Balaban J connectivity index is 1.66. The molecule has 1 aromatic carbocycles. The molecule has 0 saturated heterocycles. The van der Waals surface area contributed by atoms with Gasteiger partial charge in [0, 0.05) is 12.4 Å². The van der Waals surface area contributed by atoms with E-state index in [1.54, 1.807) is 31.5 Å². The van der Waals surface area contributed by atoms with Gasteiger partial charge in [0.25, 0.3) is 0 Å². The number of halogens is 3. The zero-order valence-electron chi connectivity index (χ0n) is 13.2. The minimum atomic E-state index is -0.336. The number of rotatable bonds is 5. The molecule has 0 atom stereocenters. The van der Waals surface area contributed by atoms with Gasteiger partial charge in [0.05, 0.1) is 17.3 Å². The highest BCUT2D eigenvalue weighted by Crippen LogP contribution is 2.20. The van der Waals surface area contributed by atoms with Gasteiger partial charge in [-0.1, -0.05) is 35.3 Å². The number of benzene rings is 1. The highest BCUT2D eigenvalue weighted by Gasteiger charge is 2.13. The van der Waals surface area contributed by atoms with Gasteiger partial charge in [-0.2, -0.15) is 10.2 Å². The number of aromatic nitrogens is 4. The maximum atomic E-state index is 13.2. The van der Waals surface area contributed by atoms with Gasteiger partial charge < -0.3 is 5.32 Å². The van der Waals surface area contributed by atoms with Gasteiger partial charge in [-0.3, -0.25) is 14.2 Å². The molecule has 0 aliphatic rings. The van der Waals surface area contributed by atoms with Crippen LogP contribution in [-0.2, 0) is 17.9 Å². The van der Waals surface area contributed by atoms with E-state index in [4.69, 9.17) is 23.2 Å². The Bertz CT molecular complexity index is 902. The average Bonchev–Trinajstić information content (AvgIpc) is 3.01. The molecular formula is C16H14Cl2FN5O. The first-order valence-corrected chi connectivity index (χ1v) is 8.13. The van der Waals surface area contributed by atoms with Crippen LogP contribution >= 0.6 is 23.2 Å². The summed E-state index contributed by atoms with van der Waals surface area (Å²) in [5.41, 5.74) is 1.38. The minimum Gasteiger partial charge on any atom is -0.306 e. The number of carbonyl (C=O) groups is 1. The van der Waals surface area contributed by atoms with E-state index in [1.807, 2.05) is 0 Å². The standard InChI is InChI=1S/C16H14Cl2FN5O/c1-10-13(17)7-24(21-10)9-15(25)20-16-14(18)8-23(22-16)6-11-3-2-4-12(19)5-11/h2-5,7-8H,6,9H2,1H3,(H,20,22,25). The van der Waals surface area contributed by atoms with E-state index in [0.717, 1.165) is 5.56 Å². The van der Waals surface area contributed by atoms with E-state index < -0.39 is 0 Å². The lowest BCUT2D eigenvalue weighted by molar-refractivity contribution is -0.116. The summed E-state index contributed by atoms with van der Waals surface area (Å²) in [5.74, 6) is -0.424. The van der Waals surface area contributed by atoms with Gasteiger partial charge in [-0.05, 0) is 24.6 Å². The lowest BCUT2D eigenvalue weighted by atomic mass is 10.2. The summed E-state index contributed by atoms with van der Waals surface area (Å²) in [6.45, 7) is 2.07. The second-order valence-corrected chi connectivity index (χ2v) is 6.28. The highest BCUT2D eigenvalue weighted by atomic mass is 35.5. The third-order valence-corrected chi connectivity index (χ3v) is 4.05. The van der Waals surface area contributed by atoms with E-state index in [1.165, 1.54) is 21.5 Å². The van der Waals surface area contributed by atoms with Crippen LogP contribution in [-0.4, -0.2) is 25.5 Å². The summed E-state index contributed by atoms with van der Waals surface area (Å²) in [7, 11) is 0. The van der Waals surface area contributed by atoms with Crippen LogP contribution in [0.2, 0.25) is 10.0 Å². The van der Waals surface area contributed by atoms with Crippen molar-refractivity contribution in [2.75, 3.05) is 5.32 Å². The smallest absolute Gasteiger partial charge is 0.247 e. The second kappa shape index (κ2) is 7.25. The first kappa shape index (κ1) is 17.4. The average molecular weight is 382 g/mol. The molecule has 0 aliphatic heterocycles. The van der Waals surface area contributed by atoms with Crippen molar-refractivity contribution >= 4 is 34.9 Å². The first-order valence-electron chi connectivity index (χ1n) is 7.37. The monoisotopic (exact) mass is 381 g/mol. The topological polar surface area (TPSA) is 64.7 Å². The van der Waals surface area contributed by atoms with Gasteiger partial charge in [0.1, 0.15) is 17.4 Å². The van der Waals surface area contributed by atoms with Crippen LogP contribution < -0.4 is 5.32 Å². The maximum Gasteiger partial charge on any atom is 0.247 e. The van der Waals surface area contributed by atoms with E-state index >= 15 is 0 Å². The van der Waals surface area contributed by atoms with Crippen molar-refractivity contribution in [3.8, 4) is 0 Å². The first-order chi connectivity index (χ1) is 11.9. The van der Waals surface area contributed by atoms with Crippen molar-refractivity contribution in [3.05, 3.63) is 63.8 Å². The number of amides is 1. The zero-order chi connectivity index (χ0) is 18.0. The van der Waals surface area contributed by atoms with Gasteiger partial charge in [-0.15, -0.1) is 0 Å². The molecule has 2 aromatic heterocycles. The molecule has 3 rings (SSSR count). The summed E-state index contributed by atoms with van der Waals surface area (Å²) < 4.78 is 16.2. The van der Waals surface area contributed by atoms with Crippen LogP contribution in [0.15, 0.2) is 36.7 Å². The third kappa shape index (κ3) is 4.37. The normalized spacial score (nSPS) is 10.9. The Morgan fingerprint density at radius 3 is 2.64 bits per heavy atom. The summed E-state index contributed by atoms with van der Waals surface area (Å²) in [6, 6.07) is 6.18. The maximum absolute atomic E-state index is 13.2. The molecule has 1 N–H and O–H groups in total. The van der Waals surface area contributed by atoms with Crippen molar-refractivity contribution in [2.45, 2.75) is 20.0 Å². The van der Waals surface area contributed by atoms with Gasteiger partial charge in [-0.25, -0.2) is 4.39 Å². The molecule has 0 radical (unpaired) electrons. The van der Waals surface area contributed by atoms with Crippen molar-refractivity contribution < 1.29 is 9.18 Å². The van der Waals surface area contributed by atoms with Crippen LogP contribution in [0.25, 0.3) is 0 Å². The molecule has 0 aliphatic carbocycles. The number of hydrogen-bond acceptors (Lipinski definition) is 3. The molecule has 3 aromatic rings. The second-order valence-electron chi connectivity index (χ2n) is 5.46. The largest absolute Gasteiger partial charge is 0.306 e. The van der Waals surface area contributed by atoms with Crippen LogP contribution in [0.1, 0.15) is 11.3 Å². The van der Waals surface area contributed by atoms with Crippen molar-refractivity contribution in [2.24, 2.45) is 0 Å². The zero-order valence-corrected chi connectivity index (χ0v) is 14.7. The Hall–Kier alpha value is -2.38. The van der Waals surface area contributed by atoms with E-state index in [0.29, 0.717) is 22.3 Å².